The van der Waals surface area contributed by atoms with E-state index in [0.717, 1.165) is 0 Å². The Hall–Kier alpha value is -3.19. The van der Waals surface area contributed by atoms with Crippen molar-refractivity contribution in [2.75, 3.05) is 16.2 Å². The highest BCUT2D eigenvalue weighted by molar-refractivity contribution is 7.92. The number of rotatable bonds is 6. The molecule has 0 saturated carbocycles. The van der Waals surface area contributed by atoms with Gasteiger partial charge in [-0.05, 0) is 55.5 Å². The molecular formula is C20H19N3O3S. The number of hydrogen-bond acceptors (Lipinski definition) is 4. The Bertz CT molecular complexity index is 1010. The lowest BCUT2D eigenvalue weighted by Crippen LogP contribution is -2.30. The number of amides is 1. The second-order valence-electron chi connectivity index (χ2n) is 5.70. The van der Waals surface area contributed by atoms with Crippen molar-refractivity contribution in [2.45, 2.75) is 11.8 Å². The van der Waals surface area contributed by atoms with Gasteiger partial charge in [0.25, 0.3) is 15.9 Å². The fraction of sp³-hybridized carbons (Fsp3) is 0.100. The van der Waals surface area contributed by atoms with Crippen LogP contribution in [0.25, 0.3) is 0 Å². The Kier molecular flexibility index (Phi) is 5.52. The van der Waals surface area contributed by atoms with E-state index in [1.54, 1.807) is 61.5 Å². The molecule has 0 fully saturated rings. The zero-order chi connectivity index (χ0) is 19.3. The molecule has 1 heterocycles. The van der Waals surface area contributed by atoms with E-state index in [0.29, 0.717) is 17.9 Å². The smallest absolute Gasteiger partial charge is 0.274 e. The average Bonchev–Trinajstić information content (AvgIpc) is 2.70. The van der Waals surface area contributed by atoms with Crippen molar-refractivity contribution in [1.82, 2.24) is 4.98 Å². The van der Waals surface area contributed by atoms with Crippen LogP contribution in [0.3, 0.4) is 0 Å². The van der Waals surface area contributed by atoms with Crippen LogP contribution in [0.5, 0.6) is 0 Å². The van der Waals surface area contributed by atoms with Crippen LogP contribution in [0.15, 0.2) is 83.9 Å². The molecule has 138 valence electrons. The van der Waals surface area contributed by atoms with Crippen LogP contribution in [0, 0.1) is 0 Å². The molecule has 0 aliphatic heterocycles. The van der Waals surface area contributed by atoms with Crippen molar-refractivity contribution in [3.63, 3.8) is 0 Å². The number of carbonyl (C=O) groups is 1. The van der Waals surface area contributed by atoms with Gasteiger partial charge in [-0.3, -0.25) is 14.1 Å². The minimum atomic E-state index is -3.69. The lowest BCUT2D eigenvalue weighted by Gasteiger charge is -2.23. The highest BCUT2D eigenvalue weighted by Gasteiger charge is 2.23. The number of pyridine rings is 1. The van der Waals surface area contributed by atoms with Gasteiger partial charge in [0.2, 0.25) is 0 Å². The quantitative estimate of drug-likeness (QED) is 0.708. The number of anilines is 2. The van der Waals surface area contributed by atoms with Crippen LogP contribution < -0.4 is 9.62 Å². The first-order valence-corrected chi connectivity index (χ1v) is 9.86. The van der Waals surface area contributed by atoms with E-state index >= 15 is 0 Å². The molecule has 0 saturated heterocycles. The van der Waals surface area contributed by atoms with Crippen molar-refractivity contribution >= 4 is 27.3 Å². The summed E-state index contributed by atoms with van der Waals surface area (Å²) in [6.45, 7) is 2.09. The Morgan fingerprint density at radius 2 is 1.63 bits per heavy atom. The maximum absolute atomic E-state index is 12.9. The maximum atomic E-state index is 12.9. The van der Waals surface area contributed by atoms with E-state index in [4.69, 9.17) is 0 Å². The number of nitrogens with one attached hydrogen (secondary N) is 1. The molecule has 6 nitrogen and oxygen atoms in total. The van der Waals surface area contributed by atoms with Crippen LogP contribution >= 0.6 is 0 Å². The van der Waals surface area contributed by atoms with Gasteiger partial charge in [-0.2, -0.15) is 0 Å². The van der Waals surface area contributed by atoms with Gasteiger partial charge >= 0.3 is 0 Å². The maximum Gasteiger partial charge on any atom is 0.274 e. The molecule has 0 aliphatic carbocycles. The van der Waals surface area contributed by atoms with Crippen molar-refractivity contribution in [3.8, 4) is 0 Å². The van der Waals surface area contributed by atoms with E-state index < -0.39 is 10.0 Å². The Morgan fingerprint density at radius 3 is 2.22 bits per heavy atom. The molecule has 27 heavy (non-hydrogen) atoms. The first-order valence-electron chi connectivity index (χ1n) is 8.42. The summed E-state index contributed by atoms with van der Waals surface area (Å²) in [5.41, 5.74) is 1.38. The summed E-state index contributed by atoms with van der Waals surface area (Å²) in [6.07, 6.45) is 1.54. The molecule has 0 atom stereocenters. The van der Waals surface area contributed by atoms with Gasteiger partial charge < -0.3 is 5.32 Å². The molecule has 0 unspecified atom stereocenters. The molecule has 7 heteroatoms. The summed E-state index contributed by atoms with van der Waals surface area (Å²) in [5.74, 6) is -0.356. The SMILES string of the molecule is CCN(c1ccccc1)S(=O)(=O)c1ccc(NC(=O)c2ccccn2)cc1. The fourth-order valence-electron chi connectivity index (χ4n) is 2.62. The second kappa shape index (κ2) is 8.01. The van der Waals surface area contributed by atoms with Crippen LogP contribution in [-0.4, -0.2) is 25.9 Å². The van der Waals surface area contributed by atoms with Gasteiger partial charge in [0.15, 0.2) is 0 Å². The molecule has 0 radical (unpaired) electrons. The molecule has 3 aromatic rings. The lowest BCUT2D eigenvalue weighted by atomic mass is 10.3. The van der Waals surface area contributed by atoms with Crippen LogP contribution in [0.4, 0.5) is 11.4 Å². The van der Waals surface area contributed by atoms with Crippen molar-refractivity contribution in [3.05, 3.63) is 84.7 Å². The van der Waals surface area contributed by atoms with E-state index in [2.05, 4.69) is 10.3 Å². The van der Waals surface area contributed by atoms with Gasteiger partial charge in [0.05, 0.1) is 10.6 Å². The molecular weight excluding hydrogens is 362 g/mol. The number of benzene rings is 2. The summed E-state index contributed by atoms with van der Waals surface area (Å²) in [4.78, 5) is 16.3. The van der Waals surface area contributed by atoms with E-state index in [1.807, 2.05) is 6.07 Å². The highest BCUT2D eigenvalue weighted by Crippen LogP contribution is 2.24. The van der Waals surface area contributed by atoms with Crippen molar-refractivity contribution in [2.24, 2.45) is 0 Å². The molecule has 1 aromatic heterocycles. The summed E-state index contributed by atoms with van der Waals surface area (Å²) >= 11 is 0. The minimum Gasteiger partial charge on any atom is -0.321 e. The zero-order valence-electron chi connectivity index (χ0n) is 14.7. The van der Waals surface area contributed by atoms with Crippen molar-refractivity contribution < 1.29 is 13.2 Å². The summed E-state index contributed by atoms with van der Waals surface area (Å²) < 4.78 is 27.2. The number of hydrogen-bond donors (Lipinski definition) is 1. The average molecular weight is 381 g/mol. The number of aromatic nitrogens is 1. The Morgan fingerprint density at radius 1 is 0.963 bits per heavy atom. The number of sulfonamides is 1. The standard InChI is InChI=1S/C20H19N3O3S/c1-2-23(17-8-4-3-5-9-17)27(25,26)18-13-11-16(12-14-18)22-20(24)19-10-6-7-15-21-19/h3-15H,2H2,1H3,(H,22,24). The largest absolute Gasteiger partial charge is 0.321 e. The first-order chi connectivity index (χ1) is 13.0. The molecule has 0 aliphatic rings. The van der Waals surface area contributed by atoms with Crippen LogP contribution in [-0.2, 0) is 10.0 Å². The molecule has 1 N–H and O–H groups in total. The Balaban J connectivity index is 1.81. The summed E-state index contributed by atoms with van der Waals surface area (Å²) in [7, 11) is -3.69. The van der Waals surface area contributed by atoms with Gasteiger partial charge in [0.1, 0.15) is 5.69 Å². The van der Waals surface area contributed by atoms with E-state index in [9.17, 15) is 13.2 Å². The highest BCUT2D eigenvalue weighted by atomic mass is 32.2. The predicted octanol–water partition coefficient (Wildman–Crippen LogP) is 3.55. The second-order valence-corrected chi connectivity index (χ2v) is 7.56. The third-order valence-corrected chi connectivity index (χ3v) is 5.85. The monoisotopic (exact) mass is 381 g/mol. The van der Waals surface area contributed by atoms with Gasteiger partial charge in [-0.15, -0.1) is 0 Å². The lowest BCUT2D eigenvalue weighted by molar-refractivity contribution is 0.102. The summed E-state index contributed by atoms with van der Waals surface area (Å²) in [5, 5.41) is 2.70. The topological polar surface area (TPSA) is 79.4 Å². The first kappa shape index (κ1) is 18.6. The number of para-hydroxylation sites is 1. The normalized spacial score (nSPS) is 11.0. The third kappa shape index (κ3) is 4.15. The molecule has 1 amide bonds. The van der Waals surface area contributed by atoms with Gasteiger partial charge in [-0.25, -0.2) is 8.42 Å². The predicted molar refractivity (Wildman–Crippen MR) is 105 cm³/mol. The summed E-state index contributed by atoms with van der Waals surface area (Å²) in [6, 6.07) is 20.1. The van der Waals surface area contributed by atoms with E-state index in [-0.39, 0.29) is 16.5 Å². The van der Waals surface area contributed by atoms with Gasteiger partial charge in [0, 0.05) is 18.4 Å². The Labute approximate surface area is 158 Å². The van der Waals surface area contributed by atoms with Crippen LogP contribution in [0.2, 0.25) is 0 Å². The molecule has 0 bridgehead atoms. The van der Waals surface area contributed by atoms with Gasteiger partial charge in [-0.1, -0.05) is 24.3 Å². The minimum absolute atomic E-state index is 0.157. The molecule has 0 spiro atoms. The zero-order valence-corrected chi connectivity index (χ0v) is 15.6. The number of carbonyl (C=O) groups excluding carboxylic acids is 1. The van der Waals surface area contributed by atoms with Crippen molar-refractivity contribution in [1.29, 1.82) is 0 Å². The van der Waals surface area contributed by atoms with Crippen LogP contribution in [0.1, 0.15) is 17.4 Å². The van der Waals surface area contributed by atoms with E-state index in [1.165, 1.54) is 22.6 Å². The third-order valence-electron chi connectivity index (χ3n) is 3.93. The molecule has 3 rings (SSSR count). The fourth-order valence-corrected chi connectivity index (χ4v) is 4.09. The number of nitrogens with zero attached hydrogens (tertiary/aromatic N) is 2. The molecule has 2 aromatic carbocycles.